The third-order valence-corrected chi connectivity index (χ3v) is 3.73. The lowest BCUT2D eigenvalue weighted by atomic mass is 9.96. The molecule has 2 nitrogen and oxygen atoms in total. The summed E-state index contributed by atoms with van der Waals surface area (Å²) in [6, 6.07) is 5.15. The van der Waals surface area contributed by atoms with Crippen LogP contribution in [0.3, 0.4) is 0 Å². The van der Waals surface area contributed by atoms with Crippen molar-refractivity contribution >= 4 is 0 Å². The number of hydrogen-bond acceptors (Lipinski definition) is 2. The van der Waals surface area contributed by atoms with Crippen LogP contribution in [0.2, 0.25) is 0 Å². The standard InChI is InChI=1S/C14H20FNO/c1-10-7-11(3-6-13(10)15)8-16-14(2,9-17)12-4-5-12/h3,6-7,12,16-17H,4-5,8-9H2,1-2H3. The Balaban J connectivity index is 1.98. The second-order valence-corrected chi connectivity index (χ2v) is 5.29. The van der Waals surface area contributed by atoms with Crippen molar-refractivity contribution in [3.63, 3.8) is 0 Å². The molecule has 0 radical (unpaired) electrons. The zero-order valence-electron chi connectivity index (χ0n) is 10.5. The first-order valence-electron chi connectivity index (χ1n) is 6.16. The molecule has 1 aromatic carbocycles. The van der Waals surface area contributed by atoms with Gasteiger partial charge >= 0.3 is 0 Å². The Morgan fingerprint density at radius 1 is 1.47 bits per heavy atom. The second kappa shape index (κ2) is 4.75. The number of aliphatic hydroxyl groups is 1. The fraction of sp³-hybridized carbons (Fsp3) is 0.571. The Morgan fingerprint density at radius 3 is 2.71 bits per heavy atom. The molecule has 0 heterocycles. The zero-order valence-corrected chi connectivity index (χ0v) is 10.5. The van der Waals surface area contributed by atoms with E-state index in [1.54, 1.807) is 13.0 Å². The van der Waals surface area contributed by atoms with Crippen molar-refractivity contribution in [2.24, 2.45) is 5.92 Å². The van der Waals surface area contributed by atoms with E-state index in [1.165, 1.54) is 18.9 Å². The van der Waals surface area contributed by atoms with Crippen molar-refractivity contribution < 1.29 is 9.50 Å². The summed E-state index contributed by atoms with van der Waals surface area (Å²) in [6.45, 7) is 4.65. The molecule has 1 aliphatic rings. The van der Waals surface area contributed by atoms with Gasteiger partial charge in [-0.1, -0.05) is 12.1 Å². The first-order valence-corrected chi connectivity index (χ1v) is 6.16. The summed E-state index contributed by atoms with van der Waals surface area (Å²) in [4.78, 5) is 0. The predicted molar refractivity (Wildman–Crippen MR) is 66.2 cm³/mol. The van der Waals surface area contributed by atoms with Gasteiger partial charge < -0.3 is 10.4 Å². The van der Waals surface area contributed by atoms with Crippen LogP contribution in [0.25, 0.3) is 0 Å². The van der Waals surface area contributed by atoms with Crippen molar-refractivity contribution in [3.8, 4) is 0 Å². The molecule has 17 heavy (non-hydrogen) atoms. The number of aliphatic hydroxyl groups excluding tert-OH is 1. The van der Waals surface area contributed by atoms with Crippen molar-refractivity contribution in [3.05, 3.63) is 35.1 Å². The van der Waals surface area contributed by atoms with Crippen LogP contribution >= 0.6 is 0 Å². The number of benzene rings is 1. The van der Waals surface area contributed by atoms with Gasteiger partial charge in [-0.25, -0.2) is 4.39 Å². The topological polar surface area (TPSA) is 32.3 Å². The van der Waals surface area contributed by atoms with E-state index in [0.29, 0.717) is 18.0 Å². The van der Waals surface area contributed by atoms with E-state index < -0.39 is 0 Å². The Hall–Kier alpha value is -0.930. The zero-order chi connectivity index (χ0) is 12.5. The van der Waals surface area contributed by atoms with Gasteiger partial charge in [-0.15, -0.1) is 0 Å². The molecule has 1 atom stereocenters. The highest BCUT2D eigenvalue weighted by atomic mass is 19.1. The molecule has 1 aromatic rings. The lowest BCUT2D eigenvalue weighted by molar-refractivity contribution is 0.153. The Morgan fingerprint density at radius 2 is 2.18 bits per heavy atom. The van der Waals surface area contributed by atoms with Crippen LogP contribution in [0.5, 0.6) is 0 Å². The lowest BCUT2D eigenvalue weighted by Crippen LogP contribution is -2.47. The summed E-state index contributed by atoms with van der Waals surface area (Å²) in [5, 5.41) is 12.8. The minimum atomic E-state index is -0.192. The van der Waals surface area contributed by atoms with E-state index in [0.717, 1.165) is 5.56 Å². The third kappa shape index (κ3) is 2.85. The largest absolute Gasteiger partial charge is 0.394 e. The highest BCUT2D eigenvalue weighted by Crippen LogP contribution is 2.39. The lowest BCUT2D eigenvalue weighted by Gasteiger charge is -2.29. The quantitative estimate of drug-likeness (QED) is 0.824. The molecular weight excluding hydrogens is 217 g/mol. The van der Waals surface area contributed by atoms with Gasteiger partial charge in [0.05, 0.1) is 6.61 Å². The average Bonchev–Trinajstić information content (AvgIpc) is 3.14. The van der Waals surface area contributed by atoms with Crippen molar-refractivity contribution in [2.75, 3.05) is 6.61 Å². The van der Waals surface area contributed by atoms with Gasteiger partial charge in [0.2, 0.25) is 0 Å². The van der Waals surface area contributed by atoms with Crippen LogP contribution in [0.4, 0.5) is 4.39 Å². The highest BCUT2D eigenvalue weighted by Gasteiger charge is 2.40. The van der Waals surface area contributed by atoms with Crippen molar-refractivity contribution in [2.45, 2.75) is 38.8 Å². The number of halogens is 1. The van der Waals surface area contributed by atoms with E-state index in [-0.39, 0.29) is 18.0 Å². The smallest absolute Gasteiger partial charge is 0.126 e. The van der Waals surface area contributed by atoms with Gasteiger partial charge in [-0.2, -0.15) is 0 Å². The first kappa shape index (κ1) is 12.5. The molecule has 0 aromatic heterocycles. The molecule has 0 amide bonds. The van der Waals surface area contributed by atoms with E-state index in [2.05, 4.69) is 12.2 Å². The Kier molecular flexibility index (Phi) is 3.50. The molecule has 1 fully saturated rings. The molecule has 0 bridgehead atoms. The summed E-state index contributed by atoms with van der Waals surface area (Å²) in [5.41, 5.74) is 1.54. The average molecular weight is 237 g/mol. The molecular formula is C14H20FNO. The second-order valence-electron chi connectivity index (χ2n) is 5.29. The minimum absolute atomic E-state index is 0.151. The molecule has 1 aliphatic carbocycles. The van der Waals surface area contributed by atoms with Crippen molar-refractivity contribution in [1.82, 2.24) is 5.32 Å². The van der Waals surface area contributed by atoms with E-state index >= 15 is 0 Å². The molecule has 2 rings (SSSR count). The normalized spacial score (nSPS) is 19.1. The maximum Gasteiger partial charge on any atom is 0.126 e. The Bertz CT molecular complexity index is 403. The van der Waals surface area contributed by atoms with E-state index in [1.807, 2.05) is 6.07 Å². The van der Waals surface area contributed by atoms with E-state index in [9.17, 15) is 9.50 Å². The maximum absolute atomic E-state index is 13.1. The monoisotopic (exact) mass is 237 g/mol. The molecule has 3 heteroatoms. The summed E-state index contributed by atoms with van der Waals surface area (Å²) in [6.07, 6.45) is 2.37. The fourth-order valence-electron chi connectivity index (χ4n) is 2.17. The number of aryl methyl sites for hydroxylation is 1. The molecule has 94 valence electrons. The fourth-order valence-corrected chi connectivity index (χ4v) is 2.17. The van der Waals surface area contributed by atoms with Gasteiger partial charge in [0.25, 0.3) is 0 Å². The molecule has 0 saturated heterocycles. The van der Waals surface area contributed by atoms with Gasteiger partial charge in [-0.3, -0.25) is 0 Å². The van der Waals surface area contributed by atoms with Crippen LogP contribution in [0.15, 0.2) is 18.2 Å². The summed E-state index contributed by atoms with van der Waals surface area (Å²) >= 11 is 0. The number of nitrogens with one attached hydrogen (secondary N) is 1. The highest BCUT2D eigenvalue weighted by molar-refractivity contribution is 5.24. The summed E-state index contributed by atoms with van der Waals surface area (Å²) in [7, 11) is 0. The van der Waals surface area contributed by atoms with Gasteiger partial charge in [0.15, 0.2) is 0 Å². The molecule has 0 aliphatic heterocycles. The SMILES string of the molecule is Cc1cc(CNC(C)(CO)C2CC2)ccc1F. The van der Waals surface area contributed by atoms with Gasteiger partial charge in [0, 0.05) is 12.1 Å². The molecule has 1 saturated carbocycles. The van der Waals surface area contributed by atoms with Crippen LogP contribution in [0.1, 0.15) is 30.9 Å². The molecule has 1 unspecified atom stereocenters. The van der Waals surface area contributed by atoms with E-state index in [4.69, 9.17) is 0 Å². The van der Waals surface area contributed by atoms with Crippen molar-refractivity contribution in [1.29, 1.82) is 0 Å². The maximum atomic E-state index is 13.1. The molecule has 0 spiro atoms. The van der Waals surface area contributed by atoms with Gasteiger partial charge in [-0.05, 0) is 49.8 Å². The van der Waals surface area contributed by atoms with Gasteiger partial charge in [0.1, 0.15) is 5.82 Å². The molecule has 2 N–H and O–H groups in total. The van der Waals surface area contributed by atoms with Crippen LogP contribution < -0.4 is 5.32 Å². The first-order chi connectivity index (χ1) is 8.05. The van der Waals surface area contributed by atoms with Crippen LogP contribution in [0, 0.1) is 18.7 Å². The predicted octanol–water partition coefficient (Wildman–Crippen LogP) is 2.38. The van der Waals surface area contributed by atoms with Crippen LogP contribution in [-0.4, -0.2) is 17.3 Å². The Labute approximate surface area is 102 Å². The third-order valence-electron chi connectivity index (χ3n) is 3.73. The summed E-state index contributed by atoms with van der Waals surface area (Å²) < 4.78 is 13.1. The number of hydrogen-bond donors (Lipinski definition) is 2. The minimum Gasteiger partial charge on any atom is -0.394 e. The summed E-state index contributed by atoms with van der Waals surface area (Å²) in [5.74, 6) is 0.412. The van der Waals surface area contributed by atoms with Crippen LogP contribution in [-0.2, 0) is 6.54 Å². The number of rotatable bonds is 5.